The summed E-state index contributed by atoms with van der Waals surface area (Å²) in [5.74, 6) is 0.399. The molecule has 0 aromatic carbocycles. The molecule has 2 aromatic rings. The van der Waals surface area contributed by atoms with E-state index in [1.54, 1.807) is 36.5 Å². The third-order valence-electron chi connectivity index (χ3n) is 2.61. The third-order valence-corrected chi connectivity index (χ3v) is 5.99. The van der Waals surface area contributed by atoms with Gasteiger partial charge in [-0.1, -0.05) is 6.07 Å². The first kappa shape index (κ1) is 14.0. The summed E-state index contributed by atoms with van der Waals surface area (Å²) in [4.78, 5) is 5.01. The molecule has 2 heterocycles. The number of aromatic nitrogens is 1. The maximum absolute atomic E-state index is 12.4. The largest absolute Gasteiger partial charge is 0.330 e. The van der Waals surface area contributed by atoms with Crippen molar-refractivity contribution in [2.24, 2.45) is 5.73 Å². The minimum atomic E-state index is -3.54. The Morgan fingerprint density at radius 1 is 1.32 bits per heavy atom. The van der Waals surface area contributed by atoms with Crippen LogP contribution in [0.15, 0.2) is 40.7 Å². The van der Waals surface area contributed by atoms with Crippen LogP contribution in [0.3, 0.4) is 0 Å². The Kier molecular flexibility index (Phi) is 4.18. The molecule has 0 aliphatic rings. The first-order valence-electron chi connectivity index (χ1n) is 5.74. The Bertz CT molecular complexity index is 638. The molecule has 0 aliphatic heterocycles. The van der Waals surface area contributed by atoms with E-state index >= 15 is 0 Å². The molecule has 0 saturated carbocycles. The van der Waals surface area contributed by atoms with Gasteiger partial charge in [-0.15, -0.1) is 11.3 Å². The predicted molar refractivity (Wildman–Crippen MR) is 76.9 cm³/mol. The van der Waals surface area contributed by atoms with Crippen molar-refractivity contribution in [1.82, 2.24) is 4.98 Å². The second kappa shape index (κ2) is 5.68. The highest BCUT2D eigenvalue weighted by atomic mass is 32.2. The van der Waals surface area contributed by atoms with Crippen molar-refractivity contribution >= 4 is 27.2 Å². The molecule has 0 amide bonds. The van der Waals surface area contributed by atoms with E-state index in [4.69, 9.17) is 5.73 Å². The number of thiophene rings is 1. The molecule has 2 N–H and O–H groups in total. The van der Waals surface area contributed by atoms with E-state index in [0.717, 1.165) is 4.88 Å². The first-order valence-corrected chi connectivity index (χ1v) is 8.00. The molecule has 2 rings (SSSR count). The highest BCUT2D eigenvalue weighted by Gasteiger charge is 2.23. The maximum Gasteiger partial charge on any atom is 0.274 e. The van der Waals surface area contributed by atoms with Crippen LogP contribution in [0.2, 0.25) is 0 Å². The zero-order valence-corrected chi connectivity index (χ0v) is 12.1. The number of nitrogens with zero attached hydrogens (tertiary/aromatic N) is 2. The number of pyridine rings is 1. The molecule has 0 aliphatic carbocycles. The lowest BCUT2D eigenvalue weighted by atomic mass is 10.3. The highest BCUT2D eigenvalue weighted by Crippen LogP contribution is 2.26. The van der Waals surface area contributed by atoms with Crippen LogP contribution in [0.4, 0.5) is 5.82 Å². The molecule has 0 radical (unpaired) electrons. The van der Waals surface area contributed by atoms with E-state index in [1.165, 1.54) is 22.7 Å². The van der Waals surface area contributed by atoms with Crippen LogP contribution < -0.4 is 10.0 Å². The standard InChI is InChI=1S/C12H15N3O2S2/c1-15(11-4-2-3-9-14-11)19(16,17)12-6-5-10(18-12)7-8-13/h2-6,9H,7-8,13H2,1H3. The van der Waals surface area contributed by atoms with Gasteiger partial charge in [0.15, 0.2) is 0 Å². The fraction of sp³-hybridized carbons (Fsp3) is 0.250. The number of nitrogens with two attached hydrogens (primary N) is 1. The van der Waals surface area contributed by atoms with Gasteiger partial charge in [0, 0.05) is 18.1 Å². The van der Waals surface area contributed by atoms with Gasteiger partial charge in [0.1, 0.15) is 10.0 Å². The van der Waals surface area contributed by atoms with E-state index in [1.807, 2.05) is 0 Å². The summed E-state index contributed by atoms with van der Waals surface area (Å²) in [6, 6.07) is 8.57. The Balaban J connectivity index is 2.31. The van der Waals surface area contributed by atoms with E-state index in [-0.39, 0.29) is 0 Å². The Labute approximate surface area is 116 Å². The summed E-state index contributed by atoms with van der Waals surface area (Å²) >= 11 is 1.25. The fourth-order valence-corrected chi connectivity index (χ4v) is 4.26. The van der Waals surface area contributed by atoms with Crippen LogP contribution in [0.5, 0.6) is 0 Å². The zero-order valence-electron chi connectivity index (χ0n) is 10.5. The third kappa shape index (κ3) is 2.94. The summed E-state index contributed by atoms with van der Waals surface area (Å²) in [7, 11) is -2.04. The van der Waals surface area contributed by atoms with Gasteiger partial charge in [-0.25, -0.2) is 13.4 Å². The van der Waals surface area contributed by atoms with Gasteiger partial charge in [-0.2, -0.15) is 0 Å². The van der Waals surface area contributed by atoms with Crippen LogP contribution in [-0.4, -0.2) is 27.0 Å². The Morgan fingerprint density at radius 3 is 2.74 bits per heavy atom. The van der Waals surface area contributed by atoms with Crippen molar-refractivity contribution in [3.05, 3.63) is 41.4 Å². The summed E-state index contributed by atoms with van der Waals surface area (Å²) in [6.45, 7) is 0.510. The molecule has 2 aromatic heterocycles. The van der Waals surface area contributed by atoms with Crippen molar-refractivity contribution in [1.29, 1.82) is 0 Å². The molecule has 7 heteroatoms. The first-order chi connectivity index (χ1) is 9.05. The van der Waals surface area contributed by atoms with E-state index in [2.05, 4.69) is 4.98 Å². The smallest absolute Gasteiger partial charge is 0.274 e. The quantitative estimate of drug-likeness (QED) is 0.906. The number of anilines is 1. The summed E-state index contributed by atoms with van der Waals surface area (Å²) in [5.41, 5.74) is 5.47. The van der Waals surface area contributed by atoms with Crippen LogP contribution >= 0.6 is 11.3 Å². The SMILES string of the molecule is CN(c1ccccn1)S(=O)(=O)c1ccc(CCN)s1. The molecular formula is C12H15N3O2S2. The normalized spacial score (nSPS) is 11.5. The van der Waals surface area contributed by atoms with Gasteiger partial charge in [0.05, 0.1) is 0 Å². The number of hydrogen-bond donors (Lipinski definition) is 1. The van der Waals surface area contributed by atoms with E-state index < -0.39 is 10.0 Å². The second-order valence-electron chi connectivity index (χ2n) is 3.92. The molecule has 0 spiro atoms. The molecule has 5 nitrogen and oxygen atoms in total. The van der Waals surface area contributed by atoms with Crippen molar-refractivity contribution < 1.29 is 8.42 Å². The molecule has 0 atom stereocenters. The zero-order chi connectivity index (χ0) is 13.9. The van der Waals surface area contributed by atoms with Crippen molar-refractivity contribution in [3.8, 4) is 0 Å². The van der Waals surface area contributed by atoms with Crippen molar-refractivity contribution in [2.45, 2.75) is 10.6 Å². The molecular weight excluding hydrogens is 282 g/mol. The topological polar surface area (TPSA) is 76.3 Å². The van der Waals surface area contributed by atoms with Crippen LogP contribution in [0.1, 0.15) is 4.88 Å². The van der Waals surface area contributed by atoms with Gasteiger partial charge < -0.3 is 5.73 Å². The Morgan fingerprint density at radius 2 is 2.11 bits per heavy atom. The molecule has 102 valence electrons. The lowest BCUT2D eigenvalue weighted by Crippen LogP contribution is -2.26. The fourth-order valence-electron chi connectivity index (χ4n) is 1.57. The maximum atomic E-state index is 12.4. The summed E-state index contributed by atoms with van der Waals surface area (Å²) in [5, 5.41) is 0. The van der Waals surface area contributed by atoms with E-state index in [0.29, 0.717) is 23.0 Å². The molecule has 19 heavy (non-hydrogen) atoms. The predicted octanol–water partition coefficient (Wildman–Crippen LogP) is 1.47. The van der Waals surface area contributed by atoms with Gasteiger partial charge >= 0.3 is 0 Å². The average Bonchev–Trinajstić information content (AvgIpc) is 2.89. The molecule has 0 fully saturated rings. The number of hydrogen-bond acceptors (Lipinski definition) is 5. The van der Waals surface area contributed by atoms with Crippen LogP contribution in [0.25, 0.3) is 0 Å². The minimum absolute atomic E-state index is 0.309. The lowest BCUT2D eigenvalue weighted by Gasteiger charge is -2.16. The number of rotatable bonds is 5. The van der Waals surface area contributed by atoms with Crippen LogP contribution in [-0.2, 0) is 16.4 Å². The molecule has 0 saturated heterocycles. The summed E-state index contributed by atoms with van der Waals surface area (Å²) in [6.07, 6.45) is 2.25. The molecule has 0 bridgehead atoms. The van der Waals surface area contributed by atoms with Gasteiger partial charge in [-0.05, 0) is 37.2 Å². The monoisotopic (exact) mass is 297 g/mol. The second-order valence-corrected chi connectivity index (χ2v) is 7.28. The van der Waals surface area contributed by atoms with Crippen LogP contribution in [0, 0.1) is 0 Å². The van der Waals surface area contributed by atoms with Gasteiger partial charge in [0.25, 0.3) is 10.0 Å². The molecule has 0 unspecified atom stereocenters. The van der Waals surface area contributed by atoms with E-state index in [9.17, 15) is 8.42 Å². The average molecular weight is 297 g/mol. The lowest BCUT2D eigenvalue weighted by molar-refractivity contribution is 0.596. The highest BCUT2D eigenvalue weighted by molar-refractivity contribution is 7.94. The van der Waals surface area contributed by atoms with Crippen molar-refractivity contribution in [2.75, 3.05) is 17.9 Å². The van der Waals surface area contributed by atoms with Gasteiger partial charge in [-0.3, -0.25) is 4.31 Å². The van der Waals surface area contributed by atoms with Crippen molar-refractivity contribution in [3.63, 3.8) is 0 Å². The summed E-state index contributed by atoms with van der Waals surface area (Å²) < 4.78 is 26.3. The Hall–Kier alpha value is -1.44. The minimum Gasteiger partial charge on any atom is -0.330 e. The van der Waals surface area contributed by atoms with Gasteiger partial charge in [0.2, 0.25) is 0 Å². The number of sulfonamides is 1.